The SMILES string of the molecule is O=C(CCc1cccs1)N1CCC(n2cnc3cc(C(F)(F)F)ccc32)CC1. The molecule has 0 aliphatic carbocycles. The molecule has 4 nitrogen and oxygen atoms in total. The molecule has 0 radical (unpaired) electrons. The quantitative estimate of drug-likeness (QED) is 0.616. The summed E-state index contributed by atoms with van der Waals surface area (Å²) >= 11 is 1.66. The maximum atomic E-state index is 12.9. The van der Waals surface area contributed by atoms with E-state index in [9.17, 15) is 18.0 Å². The van der Waals surface area contributed by atoms with Crippen molar-refractivity contribution in [2.45, 2.75) is 37.9 Å². The predicted molar refractivity (Wildman–Crippen MR) is 102 cm³/mol. The molecule has 3 heterocycles. The Balaban J connectivity index is 1.39. The number of nitrogens with zero attached hydrogens (tertiary/aromatic N) is 3. The zero-order valence-corrected chi connectivity index (χ0v) is 16.0. The summed E-state index contributed by atoms with van der Waals surface area (Å²) in [6.45, 7) is 1.32. The molecule has 3 aromatic rings. The third-order valence-corrected chi connectivity index (χ3v) is 6.21. The van der Waals surface area contributed by atoms with Gasteiger partial charge in [0.15, 0.2) is 0 Å². The number of carbonyl (C=O) groups is 1. The number of halogens is 3. The lowest BCUT2D eigenvalue weighted by Crippen LogP contribution is -2.39. The summed E-state index contributed by atoms with van der Waals surface area (Å²) in [4.78, 5) is 19.7. The van der Waals surface area contributed by atoms with Gasteiger partial charge < -0.3 is 9.47 Å². The third kappa shape index (κ3) is 3.92. The number of aryl methyl sites for hydroxylation is 1. The van der Waals surface area contributed by atoms with Crippen LogP contribution in [0.15, 0.2) is 42.0 Å². The van der Waals surface area contributed by atoms with Gasteiger partial charge in [-0.05, 0) is 48.9 Å². The molecule has 0 atom stereocenters. The normalized spacial score (nSPS) is 16.0. The second kappa shape index (κ2) is 7.58. The number of carbonyl (C=O) groups excluding carboxylic acids is 1. The van der Waals surface area contributed by atoms with Crippen LogP contribution in [0.4, 0.5) is 13.2 Å². The highest BCUT2D eigenvalue weighted by molar-refractivity contribution is 7.09. The Morgan fingerprint density at radius 3 is 2.68 bits per heavy atom. The summed E-state index contributed by atoms with van der Waals surface area (Å²) in [7, 11) is 0. The number of alkyl halides is 3. The smallest absolute Gasteiger partial charge is 0.343 e. The van der Waals surface area contributed by atoms with Crippen LogP contribution < -0.4 is 0 Å². The third-order valence-electron chi connectivity index (χ3n) is 5.28. The first-order valence-electron chi connectivity index (χ1n) is 9.26. The predicted octanol–water partition coefficient (Wildman–Crippen LogP) is 4.91. The summed E-state index contributed by atoms with van der Waals surface area (Å²) in [5.41, 5.74) is 0.371. The van der Waals surface area contributed by atoms with E-state index < -0.39 is 11.7 Å². The number of imidazole rings is 1. The van der Waals surface area contributed by atoms with Crippen LogP contribution in [0.3, 0.4) is 0 Å². The van der Waals surface area contributed by atoms with Crippen LogP contribution in [0.25, 0.3) is 11.0 Å². The van der Waals surface area contributed by atoms with Crippen LogP contribution in [-0.4, -0.2) is 33.4 Å². The second-order valence-electron chi connectivity index (χ2n) is 7.04. The average molecular weight is 407 g/mol. The van der Waals surface area contributed by atoms with Gasteiger partial charge in [-0.15, -0.1) is 11.3 Å². The zero-order valence-electron chi connectivity index (χ0n) is 15.2. The van der Waals surface area contributed by atoms with Crippen molar-refractivity contribution in [1.82, 2.24) is 14.5 Å². The Morgan fingerprint density at radius 1 is 1.21 bits per heavy atom. The lowest BCUT2D eigenvalue weighted by Gasteiger charge is -2.33. The molecular weight excluding hydrogens is 387 g/mol. The van der Waals surface area contributed by atoms with Gasteiger partial charge >= 0.3 is 6.18 Å². The van der Waals surface area contributed by atoms with Gasteiger partial charge in [0.1, 0.15) is 0 Å². The molecule has 1 aliphatic heterocycles. The van der Waals surface area contributed by atoms with E-state index in [1.54, 1.807) is 17.7 Å². The number of hydrogen-bond donors (Lipinski definition) is 0. The maximum Gasteiger partial charge on any atom is 0.416 e. The Labute approximate surface area is 164 Å². The molecule has 0 spiro atoms. The van der Waals surface area contributed by atoms with Gasteiger partial charge in [0, 0.05) is 30.4 Å². The van der Waals surface area contributed by atoms with Crippen LogP contribution in [0.1, 0.15) is 35.7 Å². The van der Waals surface area contributed by atoms with Crippen LogP contribution in [0.5, 0.6) is 0 Å². The average Bonchev–Trinajstić information content (AvgIpc) is 3.34. The summed E-state index contributed by atoms with van der Waals surface area (Å²) in [6, 6.07) is 7.85. The van der Waals surface area contributed by atoms with Crippen LogP contribution in [-0.2, 0) is 17.4 Å². The summed E-state index contributed by atoms with van der Waals surface area (Å²) < 4.78 is 40.6. The molecule has 28 heavy (non-hydrogen) atoms. The van der Waals surface area contributed by atoms with Crippen molar-refractivity contribution >= 4 is 28.3 Å². The number of piperidine rings is 1. The largest absolute Gasteiger partial charge is 0.416 e. The van der Waals surface area contributed by atoms with Gasteiger partial charge in [-0.25, -0.2) is 4.98 Å². The Morgan fingerprint density at radius 2 is 2.00 bits per heavy atom. The molecule has 1 amide bonds. The Kier molecular flexibility index (Phi) is 5.14. The van der Waals surface area contributed by atoms with Crippen molar-refractivity contribution in [3.63, 3.8) is 0 Å². The van der Waals surface area contributed by atoms with Gasteiger partial charge in [-0.3, -0.25) is 4.79 Å². The summed E-state index contributed by atoms with van der Waals surface area (Å²) in [6.07, 6.45) is 0.0779. The monoisotopic (exact) mass is 407 g/mol. The van der Waals surface area contributed by atoms with Crippen LogP contribution >= 0.6 is 11.3 Å². The molecule has 1 aromatic carbocycles. The molecule has 2 aromatic heterocycles. The first-order chi connectivity index (χ1) is 13.4. The highest BCUT2D eigenvalue weighted by Crippen LogP contribution is 2.33. The minimum absolute atomic E-state index is 0.142. The van der Waals surface area contributed by atoms with Crippen molar-refractivity contribution in [1.29, 1.82) is 0 Å². The first kappa shape index (κ1) is 19.0. The Hall–Kier alpha value is -2.35. The lowest BCUT2D eigenvalue weighted by molar-refractivity contribution is -0.137. The van der Waals surface area contributed by atoms with Crippen LogP contribution in [0, 0.1) is 0 Å². The fourth-order valence-electron chi connectivity index (χ4n) is 3.74. The number of rotatable bonds is 4. The molecule has 8 heteroatoms. The van der Waals surface area contributed by atoms with E-state index in [1.807, 2.05) is 27.0 Å². The minimum Gasteiger partial charge on any atom is -0.343 e. The molecule has 0 bridgehead atoms. The Bertz CT molecular complexity index is 957. The van der Waals surface area contributed by atoms with E-state index in [-0.39, 0.29) is 11.9 Å². The van der Waals surface area contributed by atoms with E-state index >= 15 is 0 Å². The van der Waals surface area contributed by atoms with E-state index in [0.29, 0.717) is 30.5 Å². The lowest BCUT2D eigenvalue weighted by atomic mass is 10.0. The van der Waals surface area contributed by atoms with E-state index in [4.69, 9.17) is 0 Å². The van der Waals surface area contributed by atoms with Crippen molar-refractivity contribution in [3.8, 4) is 0 Å². The van der Waals surface area contributed by atoms with Gasteiger partial charge in [0.2, 0.25) is 5.91 Å². The number of hydrogen-bond acceptors (Lipinski definition) is 3. The van der Waals surface area contributed by atoms with Gasteiger partial charge in [0.25, 0.3) is 0 Å². The number of thiophene rings is 1. The molecule has 4 rings (SSSR count). The molecule has 0 N–H and O–H groups in total. The number of aromatic nitrogens is 2. The number of likely N-dealkylation sites (tertiary alicyclic amines) is 1. The molecule has 1 saturated heterocycles. The van der Waals surface area contributed by atoms with Gasteiger partial charge in [-0.1, -0.05) is 6.07 Å². The first-order valence-corrected chi connectivity index (χ1v) is 10.1. The number of fused-ring (bicyclic) bond motifs is 1. The van der Waals surface area contributed by atoms with Crippen molar-refractivity contribution in [2.24, 2.45) is 0 Å². The van der Waals surface area contributed by atoms with Gasteiger partial charge in [-0.2, -0.15) is 13.2 Å². The number of amides is 1. The summed E-state index contributed by atoms with van der Waals surface area (Å²) in [5.74, 6) is 0.164. The van der Waals surface area contributed by atoms with E-state index in [0.717, 1.165) is 31.4 Å². The highest BCUT2D eigenvalue weighted by atomic mass is 32.1. The van der Waals surface area contributed by atoms with Crippen molar-refractivity contribution < 1.29 is 18.0 Å². The maximum absolute atomic E-state index is 12.9. The van der Waals surface area contributed by atoms with Gasteiger partial charge in [0.05, 0.1) is 22.9 Å². The van der Waals surface area contributed by atoms with Crippen LogP contribution in [0.2, 0.25) is 0 Å². The standard InChI is InChI=1S/C20H20F3N3OS/c21-20(22,23)14-3-5-18-17(12-14)24-13-26(18)15-7-9-25(10-8-15)19(27)6-4-16-2-1-11-28-16/h1-3,5,11-13,15H,4,6-10H2. The number of benzene rings is 1. The molecular formula is C20H20F3N3OS. The molecule has 0 saturated carbocycles. The van der Waals surface area contributed by atoms with Crippen molar-refractivity contribution in [2.75, 3.05) is 13.1 Å². The topological polar surface area (TPSA) is 38.1 Å². The molecule has 148 valence electrons. The zero-order chi connectivity index (χ0) is 19.7. The molecule has 0 unspecified atom stereocenters. The van der Waals surface area contributed by atoms with E-state index in [1.165, 1.54) is 10.9 Å². The highest BCUT2D eigenvalue weighted by Gasteiger charge is 2.31. The summed E-state index contributed by atoms with van der Waals surface area (Å²) in [5, 5.41) is 2.01. The van der Waals surface area contributed by atoms with E-state index in [2.05, 4.69) is 4.98 Å². The fourth-order valence-corrected chi connectivity index (χ4v) is 4.44. The fraction of sp³-hybridized carbons (Fsp3) is 0.400. The second-order valence-corrected chi connectivity index (χ2v) is 8.08. The van der Waals surface area contributed by atoms with Crippen molar-refractivity contribution in [3.05, 3.63) is 52.5 Å². The minimum atomic E-state index is -4.37. The molecule has 1 aliphatic rings. The molecule has 1 fully saturated rings.